The number of amides is 2. The van der Waals surface area contributed by atoms with Crippen LogP contribution in [0.3, 0.4) is 0 Å². The number of ether oxygens (including phenoxy) is 2. The number of hydrogen-bond donors (Lipinski definition) is 1. The van der Waals surface area contributed by atoms with Crippen molar-refractivity contribution >= 4 is 57.0 Å². The molecule has 1 aliphatic heterocycles. The molecule has 0 aliphatic carbocycles. The number of benzene rings is 2. The smallest absolute Gasteiger partial charge is 0.254 e. The lowest BCUT2D eigenvalue weighted by atomic mass is 10.1. The van der Waals surface area contributed by atoms with Gasteiger partial charge in [-0.25, -0.2) is 0 Å². The highest BCUT2D eigenvalue weighted by molar-refractivity contribution is 9.10. The van der Waals surface area contributed by atoms with Gasteiger partial charge in [-0.15, -0.1) is 0 Å². The summed E-state index contributed by atoms with van der Waals surface area (Å²) in [5.41, 5.74) is 1.86. The highest BCUT2D eigenvalue weighted by Crippen LogP contribution is 2.39. The van der Waals surface area contributed by atoms with E-state index in [1.54, 1.807) is 30.3 Å². The standard InChI is InChI=1S/C20H16BrCl2NO4/c1-2-27-16-8-11(6-13-9-17(25)24-20(13)26)7-14(21)19(16)28-10-12-4-3-5-15(22)18(12)23/h3-8H,2,9-10H2,1H3,(H,24,25,26). The second-order valence-electron chi connectivity index (χ2n) is 5.99. The summed E-state index contributed by atoms with van der Waals surface area (Å²) in [4.78, 5) is 23.1. The summed E-state index contributed by atoms with van der Waals surface area (Å²) in [6, 6.07) is 8.89. The molecule has 28 heavy (non-hydrogen) atoms. The van der Waals surface area contributed by atoms with E-state index >= 15 is 0 Å². The monoisotopic (exact) mass is 483 g/mol. The van der Waals surface area contributed by atoms with E-state index in [1.807, 2.05) is 13.0 Å². The summed E-state index contributed by atoms with van der Waals surface area (Å²) < 4.78 is 12.3. The van der Waals surface area contributed by atoms with Crippen LogP contribution in [0.4, 0.5) is 0 Å². The van der Waals surface area contributed by atoms with Crippen LogP contribution in [0.1, 0.15) is 24.5 Å². The van der Waals surface area contributed by atoms with Crippen LogP contribution in [0.2, 0.25) is 10.0 Å². The van der Waals surface area contributed by atoms with Gasteiger partial charge in [-0.2, -0.15) is 0 Å². The van der Waals surface area contributed by atoms with E-state index in [4.69, 9.17) is 32.7 Å². The number of imide groups is 1. The van der Waals surface area contributed by atoms with Gasteiger partial charge in [-0.1, -0.05) is 35.3 Å². The average Bonchev–Trinajstić information content (AvgIpc) is 2.95. The lowest BCUT2D eigenvalue weighted by Crippen LogP contribution is -2.19. The number of halogens is 3. The molecule has 1 N–H and O–H groups in total. The van der Waals surface area contributed by atoms with Crippen LogP contribution >= 0.6 is 39.1 Å². The van der Waals surface area contributed by atoms with Crippen molar-refractivity contribution in [2.24, 2.45) is 0 Å². The Morgan fingerprint density at radius 1 is 1.21 bits per heavy atom. The van der Waals surface area contributed by atoms with Crippen LogP contribution in [0.25, 0.3) is 6.08 Å². The molecule has 0 bridgehead atoms. The molecule has 5 nitrogen and oxygen atoms in total. The second kappa shape index (κ2) is 8.99. The number of carbonyl (C=O) groups excluding carboxylic acids is 2. The molecule has 146 valence electrons. The van der Waals surface area contributed by atoms with Crippen molar-refractivity contribution in [2.75, 3.05) is 6.61 Å². The summed E-state index contributed by atoms with van der Waals surface area (Å²) in [5, 5.41) is 3.16. The average molecular weight is 485 g/mol. The van der Waals surface area contributed by atoms with Crippen molar-refractivity contribution in [1.82, 2.24) is 5.32 Å². The Balaban J connectivity index is 1.89. The van der Waals surface area contributed by atoms with Crippen LogP contribution in [-0.2, 0) is 16.2 Å². The Morgan fingerprint density at radius 3 is 2.68 bits per heavy atom. The van der Waals surface area contributed by atoms with Crippen molar-refractivity contribution in [1.29, 1.82) is 0 Å². The SMILES string of the molecule is CCOc1cc(C=C2CC(=O)NC2=O)cc(Br)c1OCc1cccc(Cl)c1Cl. The minimum Gasteiger partial charge on any atom is -0.490 e. The quantitative estimate of drug-likeness (QED) is 0.454. The molecule has 8 heteroatoms. The third-order valence-corrected chi connectivity index (χ3v) is 5.42. The van der Waals surface area contributed by atoms with Gasteiger partial charge in [0, 0.05) is 11.1 Å². The van der Waals surface area contributed by atoms with Gasteiger partial charge in [-0.05, 0) is 52.7 Å². The largest absolute Gasteiger partial charge is 0.490 e. The first-order valence-electron chi connectivity index (χ1n) is 8.45. The second-order valence-corrected chi connectivity index (χ2v) is 7.63. The molecule has 0 radical (unpaired) electrons. The molecule has 1 heterocycles. The number of rotatable bonds is 6. The minimum atomic E-state index is -0.380. The van der Waals surface area contributed by atoms with E-state index in [0.717, 1.165) is 5.56 Å². The van der Waals surface area contributed by atoms with Crippen LogP contribution in [-0.4, -0.2) is 18.4 Å². The fourth-order valence-electron chi connectivity index (χ4n) is 2.71. The van der Waals surface area contributed by atoms with Gasteiger partial charge in [0.25, 0.3) is 5.91 Å². The molecule has 2 aromatic carbocycles. The Kier molecular flexibility index (Phi) is 6.65. The molecular weight excluding hydrogens is 469 g/mol. The van der Waals surface area contributed by atoms with E-state index in [2.05, 4.69) is 21.2 Å². The lowest BCUT2D eigenvalue weighted by Gasteiger charge is -2.15. The maximum atomic E-state index is 11.8. The fraction of sp³-hybridized carbons (Fsp3) is 0.200. The van der Waals surface area contributed by atoms with E-state index in [-0.39, 0.29) is 24.8 Å². The normalized spacial score (nSPS) is 15.1. The Bertz CT molecular complexity index is 975. The third-order valence-electron chi connectivity index (χ3n) is 3.97. The molecule has 1 fully saturated rings. The molecule has 0 saturated carbocycles. The third kappa shape index (κ3) is 4.69. The molecule has 1 aliphatic rings. The first-order chi connectivity index (χ1) is 13.4. The predicted molar refractivity (Wildman–Crippen MR) is 112 cm³/mol. The zero-order valence-electron chi connectivity index (χ0n) is 14.9. The zero-order chi connectivity index (χ0) is 20.3. The summed E-state index contributed by atoms with van der Waals surface area (Å²) >= 11 is 15.8. The van der Waals surface area contributed by atoms with Crippen LogP contribution in [0, 0.1) is 0 Å². The number of nitrogens with one attached hydrogen (secondary N) is 1. The van der Waals surface area contributed by atoms with E-state index in [9.17, 15) is 9.59 Å². The van der Waals surface area contributed by atoms with Crippen molar-refractivity contribution in [2.45, 2.75) is 20.0 Å². The van der Waals surface area contributed by atoms with Gasteiger partial charge in [0.2, 0.25) is 5.91 Å². The highest BCUT2D eigenvalue weighted by atomic mass is 79.9. The molecular formula is C20H16BrCl2NO4. The van der Waals surface area contributed by atoms with Gasteiger partial charge in [0.1, 0.15) is 6.61 Å². The Labute approximate surface area is 180 Å². The molecule has 1 saturated heterocycles. The van der Waals surface area contributed by atoms with E-state index < -0.39 is 0 Å². The number of carbonyl (C=O) groups is 2. The lowest BCUT2D eigenvalue weighted by molar-refractivity contribution is -0.124. The minimum absolute atomic E-state index is 0.0614. The van der Waals surface area contributed by atoms with E-state index in [0.29, 0.717) is 43.8 Å². The summed E-state index contributed by atoms with van der Waals surface area (Å²) in [6.45, 7) is 2.49. The van der Waals surface area contributed by atoms with Gasteiger partial charge in [0.15, 0.2) is 11.5 Å². The number of hydrogen-bond acceptors (Lipinski definition) is 4. The Morgan fingerprint density at radius 2 is 2.00 bits per heavy atom. The van der Waals surface area contributed by atoms with Crippen molar-refractivity contribution in [3.05, 3.63) is 61.5 Å². The molecule has 2 amide bonds. The van der Waals surface area contributed by atoms with Crippen LogP contribution in [0.5, 0.6) is 11.5 Å². The van der Waals surface area contributed by atoms with E-state index in [1.165, 1.54) is 0 Å². The predicted octanol–water partition coefficient (Wildman–Crippen LogP) is 5.16. The fourth-order valence-corrected chi connectivity index (χ4v) is 3.66. The maximum absolute atomic E-state index is 11.8. The zero-order valence-corrected chi connectivity index (χ0v) is 18.0. The van der Waals surface area contributed by atoms with Gasteiger partial charge < -0.3 is 9.47 Å². The van der Waals surface area contributed by atoms with Gasteiger partial charge >= 0.3 is 0 Å². The van der Waals surface area contributed by atoms with Gasteiger partial charge in [-0.3, -0.25) is 14.9 Å². The van der Waals surface area contributed by atoms with Crippen LogP contribution in [0.15, 0.2) is 40.4 Å². The van der Waals surface area contributed by atoms with Crippen LogP contribution < -0.4 is 14.8 Å². The maximum Gasteiger partial charge on any atom is 0.254 e. The molecule has 3 rings (SSSR count). The summed E-state index contributed by atoms with van der Waals surface area (Å²) in [7, 11) is 0. The molecule has 2 aromatic rings. The topological polar surface area (TPSA) is 64.6 Å². The van der Waals surface area contributed by atoms with Crippen molar-refractivity contribution < 1.29 is 19.1 Å². The summed E-state index contributed by atoms with van der Waals surface area (Å²) in [6.07, 6.45) is 1.72. The summed E-state index contributed by atoms with van der Waals surface area (Å²) in [5.74, 6) is 0.326. The van der Waals surface area contributed by atoms with Gasteiger partial charge in [0.05, 0.1) is 27.5 Å². The Hall–Kier alpha value is -2.02. The molecule has 0 spiro atoms. The molecule has 0 atom stereocenters. The first kappa shape index (κ1) is 20.7. The molecule has 0 aromatic heterocycles. The highest BCUT2D eigenvalue weighted by Gasteiger charge is 2.24. The molecule has 0 unspecified atom stereocenters. The first-order valence-corrected chi connectivity index (χ1v) is 10.0. The van der Waals surface area contributed by atoms with Crippen molar-refractivity contribution in [3.8, 4) is 11.5 Å². The van der Waals surface area contributed by atoms with Crippen molar-refractivity contribution in [3.63, 3.8) is 0 Å².